The lowest BCUT2D eigenvalue weighted by Crippen LogP contribution is -2.54. The van der Waals surface area contributed by atoms with Gasteiger partial charge in [0.05, 0.1) is 33.7 Å². The lowest BCUT2D eigenvalue weighted by atomic mass is 10.0. The van der Waals surface area contributed by atoms with Crippen LogP contribution in [0.25, 0.3) is 0 Å². The maximum atomic E-state index is 13.6. The third-order valence-electron chi connectivity index (χ3n) is 11.2. The number of rotatable bonds is 11. The van der Waals surface area contributed by atoms with Crippen LogP contribution in [-0.4, -0.2) is 130 Å². The summed E-state index contributed by atoms with van der Waals surface area (Å²) in [6, 6.07) is 11.4. The van der Waals surface area contributed by atoms with E-state index in [1.807, 2.05) is 41.8 Å². The zero-order valence-corrected chi connectivity index (χ0v) is 34.8. The molecule has 60 heavy (non-hydrogen) atoms. The second-order valence-corrected chi connectivity index (χ2v) is 16.6. The van der Waals surface area contributed by atoms with Gasteiger partial charge in [0, 0.05) is 71.3 Å². The summed E-state index contributed by atoms with van der Waals surface area (Å²) in [4.78, 5) is 101. The first-order valence-electron chi connectivity index (χ1n) is 19.9. The minimum atomic E-state index is -1.03. The fourth-order valence-electron chi connectivity index (χ4n) is 8.06. The fourth-order valence-corrected chi connectivity index (χ4v) is 9.05. The molecule has 2 aromatic heterocycles. The van der Waals surface area contributed by atoms with E-state index in [9.17, 15) is 28.8 Å². The van der Waals surface area contributed by atoms with E-state index < -0.39 is 29.7 Å². The number of amides is 6. The van der Waals surface area contributed by atoms with Crippen molar-refractivity contribution in [3.63, 3.8) is 0 Å². The minimum absolute atomic E-state index is 0.0572. The maximum absolute atomic E-state index is 13.6. The predicted molar refractivity (Wildman–Crippen MR) is 226 cm³/mol. The number of carbonyl (C=O) groups excluding carboxylic acids is 6. The van der Waals surface area contributed by atoms with Gasteiger partial charge < -0.3 is 25.3 Å². The van der Waals surface area contributed by atoms with Crippen molar-refractivity contribution in [3.05, 3.63) is 81.1 Å². The van der Waals surface area contributed by atoms with Gasteiger partial charge in [-0.3, -0.25) is 43.9 Å². The number of thiazole rings is 1. The van der Waals surface area contributed by atoms with Gasteiger partial charge in [-0.15, -0.1) is 0 Å². The fraction of sp³-hybridized carbons (Fsp3) is 0.390. The smallest absolute Gasteiger partial charge is 0.267 e. The Labute approximate surface area is 355 Å². The Hall–Kier alpha value is -5.98. The van der Waals surface area contributed by atoms with Crippen molar-refractivity contribution < 1.29 is 28.8 Å². The molecule has 6 heterocycles. The van der Waals surface area contributed by atoms with Crippen molar-refractivity contribution in [1.29, 1.82) is 0 Å². The van der Waals surface area contributed by atoms with Crippen LogP contribution in [0.15, 0.2) is 48.7 Å². The molecule has 6 amide bonds. The Kier molecular flexibility index (Phi) is 11.8. The highest BCUT2D eigenvalue weighted by molar-refractivity contribution is 7.17. The molecule has 3 saturated heterocycles. The standard InChI is InChI=1S/C41H44ClN11O6S/c1-24-6-3-8-27(42)36(24)48-38(57)30-23-43-41(60-30)46-31-22-32(45-25(2)44-31)51-16-14-49(15-17-51)13-5-10-34(55)52-20-18-50(19-21-52)28-9-4-7-26-35(28)40(59)53(39(26)58)29-11-12-33(54)47-37(29)56/h3-4,6-9,22-23,29H,5,10-21H2,1-2H3,(H,48,57)(H,47,54,56)(H,43,44,45,46). The number of imide groups is 2. The molecule has 4 aliphatic rings. The molecular weight excluding hydrogens is 810 g/mol. The highest BCUT2D eigenvalue weighted by Crippen LogP contribution is 2.35. The summed E-state index contributed by atoms with van der Waals surface area (Å²) < 4.78 is 0. The number of hydrogen-bond donors (Lipinski definition) is 3. The van der Waals surface area contributed by atoms with Crippen LogP contribution < -0.4 is 25.8 Å². The van der Waals surface area contributed by atoms with Crippen LogP contribution in [0.1, 0.15) is 67.5 Å². The highest BCUT2D eigenvalue weighted by atomic mass is 35.5. The molecule has 0 radical (unpaired) electrons. The SMILES string of the molecule is Cc1nc(Nc2ncc(C(=O)Nc3c(C)cccc3Cl)s2)cc(N2CCN(CCCC(=O)N3CCN(c4cccc5c4C(=O)N(C4CCC(=O)NC4=O)C5=O)CC3)CC2)n1. The van der Waals surface area contributed by atoms with Gasteiger partial charge in [0.2, 0.25) is 17.7 Å². The quantitative estimate of drug-likeness (QED) is 0.185. The van der Waals surface area contributed by atoms with Crippen LogP contribution in [0.2, 0.25) is 5.02 Å². The molecule has 0 bridgehead atoms. The first-order chi connectivity index (χ1) is 28.9. The number of piperidine rings is 1. The third-order valence-corrected chi connectivity index (χ3v) is 12.5. The Balaban J connectivity index is 0.782. The van der Waals surface area contributed by atoms with Gasteiger partial charge in [-0.25, -0.2) is 15.0 Å². The van der Waals surface area contributed by atoms with Crippen molar-refractivity contribution in [3.8, 4) is 0 Å². The number of halogens is 1. The average Bonchev–Trinajstić information content (AvgIpc) is 3.80. The summed E-state index contributed by atoms with van der Waals surface area (Å²) in [7, 11) is 0. The second kappa shape index (κ2) is 17.3. The Bertz CT molecular complexity index is 2360. The summed E-state index contributed by atoms with van der Waals surface area (Å²) in [5.74, 6) is -0.370. The molecular formula is C41H44ClN11O6S. The van der Waals surface area contributed by atoms with Crippen LogP contribution in [0.3, 0.4) is 0 Å². The van der Waals surface area contributed by atoms with E-state index >= 15 is 0 Å². The molecule has 4 aromatic rings. The van der Waals surface area contributed by atoms with Crippen LogP contribution in [0.5, 0.6) is 0 Å². The molecule has 19 heteroatoms. The molecule has 8 rings (SSSR count). The van der Waals surface area contributed by atoms with Crippen molar-refractivity contribution in [2.45, 2.75) is 45.6 Å². The summed E-state index contributed by atoms with van der Waals surface area (Å²) in [6.45, 7) is 9.63. The van der Waals surface area contributed by atoms with E-state index in [0.717, 1.165) is 55.4 Å². The topological polar surface area (TPSA) is 193 Å². The molecule has 3 fully saturated rings. The van der Waals surface area contributed by atoms with Crippen molar-refractivity contribution in [1.82, 2.24) is 35.0 Å². The van der Waals surface area contributed by atoms with Crippen LogP contribution in [-0.2, 0) is 14.4 Å². The van der Waals surface area contributed by atoms with Gasteiger partial charge in [0.1, 0.15) is 28.4 Å². The minimum Gasteiger partial charge on any atom is -0.367 e. The lowest BCUT2D eigenvalue weighted by Gasteiger charge is -2.37. The molecule has 0 spiro atoms. The van der Waals surface area contributed by atoms with E-state index in [1.165, 1.54) is 17.5 Å². The number of carbonyl (C=O) groups is 6. The van der Waals surface area contributed by atoms with Gasteiger partial charge in [-0.1, -0.05) is 41.1 Å². The number of fused-ring (bicyclic) bond motifs is 1. The number of anilines is 5. The van der Waals surface area contributed by atoms with E-state index in [2.05, 4.69) is 40.7 Å². The largest absolute Gasteiger partial charge is 0.367 e. The molecule has 1 atom stereocenters. The summed E-state index contributed by atoms with van der Waals surface area (Å²) in [5, 5.41) is 9.33. The maximum Gasteiger partial charge on any atom is 0.267 e. The van der Waals surface area contributed by atoms with Crippen molar-refractivity contribution in [2.24, 2.45) is 0 Å². The zero-order valence-electron chi connectivity index (χ0n) is 33.2. The molecule has 312 valence electrons. The number of benzene rings is 2. The number of nitrogens with zero attached hydrogens (tertiary/aromatic N) is 8. The van der Waals surface area contributed by atoms with Gasteiger partial charge in [-0.2, -0.15) is 0 Å². The zero-order chi connectivity index (χ0) is 42.1. The van der Waals surface area contributed by atoms with E-state index in [4.69, 9.17) is 11.6 Å². The summed E-state index contributed by atoms with van der Waals surface area (Å²) in [5.41, 5.74) is 2.54. The molecule has 2 aromatic carbocycles. The molecule has 3 N–H and O–H groups in total. The number of piperazine rings is 2. The second-order valence-electron chi connectivity index (χ2n) is 15.1. The molecule has 17 nitrogen and oxygen atoms in total. The van der Waals surface area contributed by atoms with Gasteiger partial charge in [0.25, 0.3) is 17.7 Å². The van der Waals surface area contributed by atoms with Crippen molar-refractivity contribution >= 4 is 86.5 Å². The molecule has 0 aliphatic carbocycles. The number of aromatic nitrogens is 3. The van der Waals surface area contributed by atoms with Gasteiger partial charge in [0.15, 0.2) is 5.13 Å². The Morgan fingerprint density at radius 3 is 2.42 bits per heavy atom. The number of aryl methyl sites for hydroxylation is 2. The number of nitrogens with one attached hydrogen (secondary N) is 3. The molecule has 1 unspecified atom stereocenters. The van der Waals surface area contributed by atoms with Crippen LogP contribution in [0, 0.1) is 13.8 Å². The predicted octanol–water partition coefficient (Wildman–Crippen LogP) is 3.85. The number of hydrogen-bond acceptors (Lipinski definition) is 14. The van der Waals surface area contributed by atoms with E-state index in [-0.39, 0.29) is 35.8 Å². The Morgan fingerprint density at radius 1 is 0.917 bits per heavy atom. The van der Waals surface area contributed by atoms with E-state index in [1.54, 1.807) is 24.3 Å². The normalized spacial score (nSPS) is 18.5. The molecule has 4 aliphatic heterocycles. The van der Waals surface area contributed by atoms with Crippen LogP contribution in [0.4, 0.5) is 28.1 Å². The van der Waals surface area contributed by atoms with E-state index in [0.29, 0.717) is 70.6 Å². The highest BCUT2D eigenvalue weighted by Gasteiger charge is 2.46. The summed E-state index contributed by atoms with van der Waals surface area (Å²) >= 11 is 7.51. The monoisotopic (exact) mass is 853 g/mol. The number of para-hydroxylation sites is 1. The average molecular weight is 854 g/mol. The summed E-state index contributed by atoms with van der Waals surface area (Å²) in [6.07, 6.45) is 2.82. The molecule has 0 saturated carbocycles. The van der Waals surface area contributed by atoms with Crippen molar-refractivity contribution in [2.75, 3.05) is 79.3 Å². The third kappa shape index (κ3) is 8.53. The first kappa shape index (κ1) is 40.8. The van der Waals surface area contributed by atoms with Gasteiger partial charge >= 0.3 is 0 Å². The van der Waals surface area contributed by atoms with Crippen LogP contribution >= 0.6 is 22.9 Å². The first-order valence-corrected chi connectivity index (χ1v) is 21.1. The van der Waals surface area contributed by atoms with Gasteiger partial charge in [-0.05, 0) is 57.0 Å². The Morgan fingerprint density at radius 2 is 1.67 bits per heavy atom. The lowest BCUT2D eigenvalue weighted by molar-refractivity contribution is -0.136.